The molecule has 132 valence electrons. The maximum absolute atomic E-state index is 13.6. The Labute approximate surface area is 162 Å². The number of aryl methyl sites for hydroxylation is 1. The van der Waals surface area contributed by atoms with Gasteiger partial charge >= 0.3 is 0 Å². The Morgan fingerprint density at radius 3 is 2.71 bits per heavy atom. The van der Waals surface area contributed by atoms with Crippen LogP contribution in [0.2, 0.25) is 0 Å². The fourth-order valence-electron chi connectivity index (χ4n) is 2.05. The first-order chi connectivity index (χ1) is 11.1. The number of thiazole rings is 1. The number of halogens is 2. The number of nitrogens with zero attached hydrogens (tertiary/aromatic N) is 2. The third-order valence-electron chi connectivity index (χ3n) is 3.17. The molecule has 0 saturated heterocycles. The van der Waals surface area contributed by atoms with Gasteiger partial charge < -0.3 is 15.4 Å². The zero-order chi connectivity index (χ0) is 16.7. The van der Waals surface area contributed by atoms with Crippen molar-refractivity contribution in [3.05, 3.63) is 51.2 Å². The molecule has 8 heteroatoms. The average Bonchev–Trinajstić information content (AvgIpc) is 2.96. The SMILES string of the molecule is CN=C(NCc1ccc(F)c(COC)c1)NCc1ncc(C)s1.I. The van der Waals surface area contributed by atoms with Crippen LogP contribution in [0.4, 0.5) is 4.39 Å². The summed E-state index contributed by atoms with van der Waals surface area (Å²) in [5, 5.41) is 7.42. The summed E-state index contributed by atoms with van der Waals surface area (Å²) in [5.41, 5.74) is 1.51. The molecule has 1 aromatic carbocycles. The van der Waals surface area contributed by atoms with Crippen molar-refractivity contribution >= 4 is 41.3 Å². The molecule has 2 rings (SSSR count). The molecule has 0 spiro atoms. The Bertz CT molecular complexity index is 678. The van der Waals surface area contributed by atoms with E-state index in [1.54, 1.807) is 37.6 Å². The normalized spacial score (nSPS) is 11.1. The predicted molar refractivity (Wildman–Crippen MR) is 106 cm³/mol. The number of nitrogens with one attached hydrogen (secondary N) is 2. The Balaban J connectivity index is 0.00000288. The van der Waals surface area contributed by atoms with E-state index in [9.17, 15) is 4.39 Å². The third-order valence-corrected chi connectivity index (χ3v) is 4.08. The summed E-state index contributed by atoms with van der Waals surface area (Å²) in [6, 6.07) is 5.00. The number of rotatable bonds is 6. The monoisotopic (exact) mass is 464 g/mol. The predicted octanol–water partition coefficient (Wildman–Crippen LogP) is 3.22. The Hall–Kier alpha value is -1.26. The van der Waals surface area contributed by atoms with Gasteiger partial charge in [0.05, 0.1) is 13.2 Å². The lowest BCUT2D eigenvalue weighted by molar-refractivity contribution is 0.181. The molecule has 0 unspecified atom stereocenters. The maximum atomic E-state index is 13.6. The van der Waals surface area contributed by atoms with E-state index in [1.165, 1.54) is 10.9 Å². The van der Waals surface area contributed by atoms with Crippen molar-refractivity contribution in [1.82, 2.24) is 15.6 Å². The van der Waals surface area contributed by atoms with Gasteiger partial charge in [0.25, 0.3) is 0 Å². The molecule has 0 aliphatic heterocycles. The van der Waals surface area contributed by atoms with Gasteiger partial charge in [0, 0.05) is 37.3 Å². The topological polar surface area (TPSA) is 58.5 Å². The lowest BCUT2D eigenvalue weighted by Gasteiger charge is -2.12. The van der Waals surface area contributed by atoms with E-state index in [-0.39, 0.29) is 36.4 Å². The fraction of sp³-hybridized carbons (Fsp3) is 0.375. The number of hydrogen-bond donors (Lipinski definition) is 2. The van der Waals surface area contributed by atoms with Gasteiger partial charge in [-0.1, -0.05) is 6.07 Å². The van der Waals surface area contributed by atoms with Gasteiger partial charge in [0.15, 0.2) is 5.96 Å². The summed E-state index contributed by atoms with van der Waals surface area (Å²) in [5.74, 6) is 0.424. The van der Waals surface area contributed by atoms with E-state index in [4.69, 9.17) is 4.74 Å². The highest BCUT2D eigenvalue weighted by atomic mass is 127. The molecule has 0 aliphatic rings. The molecule has 0 bridgehead atoms. The molecule has 0 amide bonds. The van der Waals surface area contributed by atoms with Crippen LogP contribution in [-0.4, -0.2) is 25.1 Å². The van der Waals surface area contributed by atoms with Crippen molar-refractivity contribution in [1.29, 1.82) is 0 Å². The van der Waals surface area contributed by atoms with Gasteiger partial charge in [-0.15, -0.1) is 35.3 Å². The Morgan fingerprint density at radius 2 is 2.08 bits per heavy atom. The van der Waals surface area contributed by atoms with E-state index in [0.29, 0.717) is 24.6 Å². The average molecular weight is 464 g/mol. The molecular formula is C16H22FIN4OS. The summed E-state index contributed by atoms with van der Waals surface area (Å²) in [6.45, 7) is 3.46. The second-order valence-electron chi connectivity index (χ2n) is 5.00. The van der Waals surface area contributed by atoms with Crippen LogP contribution in [0.25, 0.3) is 0 Å². The molecule has 2 aromatic rings. The number of guanidine groups is 1. The lowest BCUT2D eigenvalue weighted by Crippen LogP contribution is -2.36. The standard InChI is InChI=1S/C16H21FN4OS.HI/c1-11-7-19-15(23-11)9-21-16(18-2)20-8-12-4-5-14(17)13(6-12)10-22-3;/h4-7H,8-10H2,1-3H3,(H2,18,20,21);1H. The molecule has 1 aromatic heterocycles. The molecule has 5 nitrogen and oxygen atoms in total. The van der Waals surface area contributed by atoms with E-state index < -0.39 is 0 Å². The third kappa shape index (κ3) is 6.33. The van der Waals surface area contributed by atoms with E-state index in [1.807, 2.05) is 13.1 Å². The Kier molecular flexibility index (Phi) is 9.16. The first kappa shape index (κ1) is 20.8. The maximum Gasteiger partial charge on any atom is 0.191 e. The summed E-state index contributed by atoms with van der Waals surface area (Å²) < 4.78 is 18.6. The molecule has 0 fully saturated rings. The van der Waals surface area contributed by atoms with Crippen LogP contribution in [-0.2, 0) is 24.4 Å². The minimum Gasteiger partial charge on any atom is -0.380 e. The van der Waals surface area contributed by atoms with E-state index in [0.717, 1.165) is 10.6 Å². The smallest absolute Gasteiger partial charge is 0.191 e. The number of methoxy groups -OCH3 is 1. The van der Waals surface area contributed by atoms with Crippen molar-refractivity contribution in [2.24, 2.45) is 4.99 Å². The highest BCUT2D eigenvalue weighted by Crippen LogP contribution is 2.12. The van der Waals surface area contributed by atoms with Crippen LogP contribution < -0.4 is 10.6 Å². The number of hydrogen-bond acceptors (Lipinski definition) is 4. The Morgan fingerprint density at radius 1 is 1.33 bits per heavy atom. The van der Waals surface area contributed by atoms with E-state index >= 15 is 0 Å². The van der Waals surface area contributed by atoms with Crippen molar-refractivity contribution in [2.75, 3.05) is 14.2 Å². The first-order valence-electron chi connectivity index (χ1n) is 7.24. The first-order valence-corrected chi connectivity index (χ1v) is 8.06. The zero-order valence-electron chi connectivity index (χ0n) is 13.9. The van der Waals surface area contributed by atoms with Gasteiger partial charge in [-0.2, -0.15) is 0 Å². The van der Waals surface area contributed by atoms with Crippen LogP contribution in [0.1, 0.15) is 21.0 Å². The molecular weight excluding hydrogens is 442 g/mol. The van der Waals surface area contributed by atoms with Crippen molar-refractivity contribution in [3.63, 3.8) is 0 Å². The molecule has 2 N–H and O–H groups in total. The quantitative estimate of drug-likeness (QED) is 0.392. The zero-order valence-corrected chi connectivity index (χ0v) is 17.1. The fourth-order valence-corrected chi connectivity index (χ4v) is 2.78. The number of aliphatic imine (C=N–C) groups is 1. The van der Waals surface area contributed by atoms with Crippen LogP contribution in [0.3, 0.4) is 0 Å². The minimum atomic E-state index is -0.253. The summed E-state index contributed by atoms with van der Waals surface area (Å²) in [4.78, 5) is 9.66. The second kappa shape index (κ2) is 10.6. The molecule has 0 atom stereocenters. The minimum absolute atomic E-state index is 0. The molecule has 0 saturated carbocycles. The van der Waals surface area contributed by atoms with Gasteiger partial charge in [-0.25, -0.2) is 9.37 Å². The summed E-state index contributed by atoms with van der Waals surface area (Å²) >= 11 is 1.65. The summed E-state index contributed by atoms with van der Waals surface area (Å²) in [6.07, 6.45) is 1.85. The molecule has 0 aliphatic carbocycles. The van der Waals surface area contributed by atoms with Gasteiger partial charge in [-0.3, -0.25) is 4.99 Å². The molecule has 0 radical (unpaired) electrons. The highest BCUT2D eigenvalue weighted by Gasteiger charge is 2.05. The van der Waals surface area contributed by atoms with Crippen molar-refractivity contribution in [3.8, 4) is 0 Å². The van der Waals surface area contributed by atoms with Crippen LogP contribution in [0.5, 0.6) is 0 Å². The van der Waals surface area contributed by atoms with Crippen LogP contribution in [0, 0.1) is 12.7 Å². The lowest BCUT2D eigenvalue weighted by atomic mass is 10.1. The largest absolute Gasteiger partial charge is 0.380 e. The van der Waals surface area contributed by atoms with Crippen molar-refractivity contribution < 1.29 is 9.13 Å². The number of benzene rings is 1. The van der Waals surface area contributed by atoms with Gasteiger partial charge in [-0.05, 0) is 24.6 Å². The molecule has 24 heavy (non-hydrogen) atoms. The number of aromatic nitrogens is 1. The highest BCUT2D eigenvalue weighted by molar-refractivity contribution is 14.0. The molecule has 1 heterocycles. The second-order valence-corrected chi connectivity index (χ2v) is 6.32. The van der Waals surface area contributed by atoms with Crippen molar-refractivity contribution in [2.45, 2.75) is 26.6 Å². The van der Waals surface area contributed by atoms with Gasteiger partial charge in [0.2, 0.25) is 0 Å². The van der Waals surface area contributed by atoms with Crippen LogP contribution >= 0.6 is 35.3 Å². The van der Waals surface area contributed by atoms with Crippen LogP contribution in [0.15, 0.2) is 29.4 Å². The summed E-state index contributed by atoms with van der Waals surface area (Å²) in [7, 11) is 3.26. The number of ether oxygens (including phenoxy) is 1. The van der Waals surface area contributed by atoms with Gasteiger partial charge in [0.1, 0.15) is 10.8 Å². The van der Waals surface area contributed by atoms with E-state index in [2.05, 4.69) is 20.6 Å².